The molecule has 0 saturated heterocycles. The van der Waals surface area contributed by atoms with Gasteiger partial charge in [0.25, 0.3) is 11.8 Å². The highest BCUT2D eigenvalue weighted by Gasteiger charge is 2.30. The van der Waals surface area contributed by atoms with Crippen LogP contribution in [0.5, 0.6) is 11.5 Å². The SMILES string of the molecule is CONC(=O)c1ccc(C(=O)N[C@@H]2N=C(c3ccc(Cl)cc3)c3cc(OC)ccc3-n3c(C)nnc32)cc1O. The summed E-state index contributed by atoms with van der Waals surface area (Å²) >= 11 is 6.14. The second kappa shape index (κ2) is 10.6. The number of carbonyl (C=O) groups is 2. The molecule has 39 heavy (non-hydrogen) atoms. The summed E-state index contributed by atoms with van der Waals surface area (Å²) in [5, 5.41) is 22.4. The molecule has 1 atom stereocenters. The normalized spacial score (nSPS) is 13.9. The van der Waals surface area contributed by atoms with Gasteiger partial charge in [0.05, 0.1) is 31.2 Å². The number of rotatable bonds is 6. The molecule has 0 unspecified atom stereocenters. The van der Waals surface area contributed by atoms with Gasteiger partial charge in [-0.05, 0) is 55.5 Å². The number of aromatic hydroxyl groups is 1. The lowest BCUT2D eigenvalue weighted by atomic mass is 10.00. The maximum absolute atomic E-state index is 13.4. The molecular formula is C27H23ClN6O5. The first-order valence-corrected chi connectivity index (χ1v) is 12.1. The Morgan fingerprint density at radius 1 is 1.00 bits per heavy atom. The van der Waals surface area contributed by atoms with Gasteiger partial charge in [0.2, 0.25) is 0 Å². The van der Waals surface area contributed by atoms with E-state index in [9.17, 15) is 14.7 Å². The van der Waals surface area contributed by atoms with Crippen LogP contribution in [-0.2, 0) is 4.84 Å². The molecule has 5 rings (SSSR count). The Hall–Kier alpha value is -4.74. The summed E-state index contributed by atoms with van der Waals surface area (Å²) in [4.78, 5) is 34.9. The molecule has 12 heteroatoms. The summed E-state index contributed by atoms with van der Waals surface area (Å²) < 4.78 is 7.30. The van der Waals surface area contributed by atoms with Gasteiger partial charge in [0, 0.05) is 21.7 Å². The third-order valence-corrected chi connectivity index (χ3v) is 6.39. The average Bonchev–Trinajstić information content (AvgIpc) is 3.25. The number of hydrogen-bond acceptors (Lipinski definition) is 8. The van der Waals surface area contributed by atoms with Gasteiger partial charge in [0.1, 0.15) is 17.3 Å². The largest absolute Gasteiger partial charge is 0.507 e. The lowest BCUT2D eigenvalue weighted by Crippen LogP contribution is -2.29. The molecule has 0 saturated carbocycles. The molecule has 2 amide bonds. The third kappa shape index (κ3) is 4.92. The minimum absolute atomic E-state index is 0.0503. The van der Waals surface area contributed by atoms with E-state index in [0.29, 0.717) is 28.1 Å². The molecule has 198 valence electrons. The van der Waals surface area contributed by atoms with Crippen LogP contribution in [0.15, 0.2) is 65.7 Å². The van der Waals surface area contributed by atoms with Crippen molar-refractivity contribution in [3.8, 4) is 17.2 Å². The van der Waals surface area contributed by atoms with Gasteiger partial charge < -0.3 is 15.2 Å². The molecule has 0 spiro atoms. The van der Waals surface area contributed by atoms with E-state index in [2.05, 4.69) is 25.8 Å². The van der Waals surface area contributed by atoms with E-state index < -0.39 is 18.0 Å². The first-order valence-electron chi connectivity index (χ1n) is 11.7. The van der Waals surface area contributed by atoms with Crippen LogP contribution in [-0.4, -0.2) is 51.6 Å². The molecule has 0 bridgehead atoms. The topological polar surface area (TPSA) is 140 Å². The highest BCUT2D eigenvalue weighted by atomic mass is 35.5. The van der Waals surface area contributed by atoms with Gasteiger partial charge in [-0.1, -0.05) is 23.7 Å². The standard InChI is InChI=1S/C27H23ClN6O5/c1-14-31-32-25-24(30-26(36)16-6-10-19(22(35)12-16)27(37)33-39-3)29-23(15-4-7-17(28)8-5-15)20-13-18(38-2)9-11-21(20)34(14)25/h4-13,24,35H,1-3H3,(H,30,36)(H,33,37)/t24-/m0/s1. The fourth-order valence-electron chi connectivity index (χ4n) is 4.29. The first kappa shape index (κ1) is 25.9. The summed E-state index contributed by atoms with van der Waals surface area (Å²) in [7, 11) is 2.85. The zero-order valence-electron chi connectivity index (χ0n) is 21.1. The fraction of sp³-hybridized carbons (Fsp3) is 0.148. The number of aryl methyl sites for hydroxylation is 1. The highest BCUT2D eigenvalue weighted by Crippen LogP contribution is 2.32. The van der Waals surface area contributed by atoms with Crippen molar-refractivity contribution in [1.29, 1.82) is 0 Å². The number of carbonyl (C=O) groups excluding carboxylic acids is 2. The molecule has 0 fully saturated rings. The Morgan fingerprint density at radius 2 is 1.77 bits per heavy atom. The van der Waals surface area contributed by atoms with Gasteiger partial charge >= 0.3 is 0 Å². The van der Waals surface area contributed by atoms with Crippen LogP contribution in [0.25, 0.3) is 5.69 Å². The molecule has 3 aromatic carbocycles. The lowest BCUT2D eigenvalue weighted by Gasteiger charge is -2.15. The number of halogens is 1. The number of benzene rings is 3. The van der Waals surface area contributed by atoms with Crippen molar-refractivity contribution in [2.24, 2.45) is 4.99 Å². The number of aromatic nitrogens is 3. The van der Waals surface area contributed by atoms with Gasteiger partial charge in [0.15, 0.2) is 12.0 Å². The Kier molecular flexibility index (Phi) is 7.01. The monoisotopic (exact) mass is 546 g/mol. The number of amides is 2. The van der Waals surface area contributed by atoms with Crippen molar-refractivity contribution < 1.29 is 24.3 Å². The first-order chi connectivity index (χ1) is 18.8. The fourth-order valence-corrected chi connectivity index (χ4v) is 4.42. The number of fused-ring (bicyclic) bond motifs is 3. The maximum Gasteiger partial charge on any atom is 0.278 e. The number of hydrogen-bond donors (Lipinski definition) is 3. The number of ether oxygens (including phenoxy) is 1. The second-order valence-electron chi connectivity index (χ2n) is 8.55. The summed E-state index contributed by atoms with van der Waals surface area (Å²) in [5.74, 6) is 0.00903. The minimum Gasteiger partial charge on any atom is -0.507 e. The van der Waals surface area contributed by atoms with Crippen LogP contribution in [0.1, 0.15) is 49.7 Å². The summed E-state index contributed by atoms with van der Waals surface area (Å²) in [6.07, 6.45) is -0.957. The van der Waals surface area contributed by atoms with E-state index in [-0.39, 0.29) is 16.9 Å². The van der Waals surface area contributed by atoms with Crippen LogP contribution in [0.2, 0.25) is 5.02 Å². The Labute approximate surface area is 228 Å². The predicted octanol–water partition coefficient (Wildman–Crippen LogP) is 3.51. The van der Waals surface area contributed by atoms with Gasteiger partial charge in [-0.2, -0.15) is 0 Å². The zero-order valence-corrected chi connectivity index (χ0v) is 21.9. The van der Waals surface area contributed by atoms with E-state index in [1.165, 1.54) is 25.3 Å². The number of nitrogens with one attached hydrogen (secondary N) is 2. The van der Waals surface area contributed by atoms with Crippen molar-refractivity contribution in [3.05, 3.63) is 99.6 Å². The number of methoxy groups -OCH3 is 1. The van der Waals surface area contributed by atoms with E-state index in [0.717, 1.165) is 16.8 Å². The summed E-state index contributed by atoms with van der Waals surface area (Å²) in [5.41, 5.74) is 5.01. The van der Waals surface area contributed by atoms with Crippen LogP contribution < -0.4 is 15.5 Å². The van der Waals surface area contributed by atoms with Crippen molar-refractivity contribution in [1.82, 2.24) is 25.6 Å². The van der Waals surface area contributed by atoms with Gasteiger partial charge in [-0.15, -0.1) is 10.2 Å². The molecule has 11 nitrogen and oxygen atoms in total. The number of nitrogens with zero attached hydrogens (tertiary/aromatic N) is 4. The number of phenolic OH excluding ortho intramolecular Hbond substituents is 1. The summed E-state index contributed by atoms with van der Waals surface area (Å²) in [6, 6.07) is 16.7. The molecule has 0 radical (unpaired) electrons. The molecule has 4 aromatic rings. The van der Waals surface area contributed by atoms with E-state index in [1.54, 1.807) is 26.2 Å². The molecule has 3 N–H and O–H groups in total. The smallest absolute Gasteiger partial charge is 0.278 e. The number of phenols is 1. The summed E-state index contributed by atoms with van der Waals surface area (Å²) in [6.45, 7) is 1.80. The van der Waals surface area contributed by atoms with E-state index in [1.807, 2.05) is 34.9 Å². The van der Waals surface area contributed by atoms with Crippen molar-refractivity contribution in [2.45, 2.75) is 13.1 Å². The molecule has 1 aromatic heterocycles. The van der Waals surface area contributed by atoms with Crippen LogP contribution in [0.4, 0.5) is 0 Å². The van der Waals surface area contributed by atoms with Crippen molar-refractivity contribution in [2.75, 3.05) is 14.2 Å². The van der Waals surface area contributed by atoms with Gasteiger partial charge in [-0.25, -0.2) is 5.48 Å². The van der Waals surface area contributed by atoms with Crippen molar-refractivity contribution in [3.63, 3.8) is 0 Å². The van der Waals surface area contributed by atoms with Crippen molar-refractivity contribution >= 4 is 29.1 Å². The van der Waals surface area contributed by atoms with Crippen LogP contribution >= 0.6 is 11.6 Å². The molecule has 2 heterocycles. The molecular weight excluding hydrogens is 524 g/mol. The molecule has 0 aliphatic carbocycles. The molecule has 1 aliphatic rings. The van der Waals surface area contributed by atoms with Crippen LogP contribution in [0, 0.1) is 6.92 Å². The Balaban J connectivity index is 1.60. The van der Waals surface area contributed by atoms with E-state index >= 15 is 0 Å². The predicted molar refractivity (Wildman–Crippen MR) is 143 cm³/mol. The molecule has 1 aliphatic heterocycles. The van der Waals surface area contributed by atoms with Gasteiger partial charge in [-0.3, -0.25) is 24.0 Å². The number of hydroxylamine groups is 1. The lowest BCUT2D eigenvalue weighted by molar-refractivity contribution is 0.0534. The quantitative estimate of drug-likeness (QED) is 0.314. The second-order valence-corrected chi connectivity index (χ2v) is 8.99. The maximum atomic E-state index is 13.4. The average molecular weight is 547 g/mol. The Morgan fingerprint density at radius 3 is 2.46 bits per heavy atom. The Bertz CT molecular complexity index is 1620. The number of aliphatic imine (C=N–C) groups is 1. The van der Waals surface area contributed by atoms with E-state index in [4.69, 9.17) is 21.3 Å². The van der Waals surface area contributed by atoms with Crippen LogP contribution in [0.3, 0.4) is 0 Å². The highest BCUT2D eigenvalue weighted by molar-refractivity contribution is 6.30. The minimum atomic E-state index is -0.957. The zero-order chi connectivity index (χ0) is 27.7. The third-order valence-electron chi connectivity index (χ3n) is 6.14.